The van der Waals surface area contributed by atoms with Crippen LogP contribution in [0.25, 0.3) is 0 Å². The van der Waals surface area contributed by atoms with Gasteiger partial charge in [-0.2, -0.15) is 0 Å². The Kier molecular flexibility index (Phi) is 5.62. The minimum Gasteiger partial charge on any atom is -0.332 e. The van der Waals surface area contributed by atoms with Gasteiger partial charge in [0, 0.05) is 18.3 Å². The Balaban J connectivity index is 2.13. The van der Waals surface area contributed by atoms with Crippen LogP contribution in [0.2, 0.25) is 0 Å². The Hall–Kier alpha value is -2.62. The molecule has 2 rings (SSSR count). The lowest BCUT2D eigenvalue weighted by atomic mass is 9.99. The number of anilines is 1. The van der Waals surface area contributed by atoms with Crippen LogP contribution >= 0.6 is 0 Å². The molecule has 0 aliphatic heterocycles. The van der Waals surface area contributed by atoms with Crippen LogP contribution in [0.15, 0.2) is 30.3 Å². The van der Waals surface area contributed by atoms with Crippen molar-refractivity contribution >= 4 is 17.5 Å². The smallest absolute Gasteiger partial charge is 0.254 e. The highest BCUT2D eigenvalue weighted by atomic mass is 16.2. The molecule has 2 aromatic rings. The molecule has 132 valence electrons. The third-order valence-corrected chi connectivity index (χ3v) is 4.36. The molecule has 0 saturated heterocycles. The normalized spacial score (nSPS) is 10.5. The summed E-state index contributed by atoms with van der Waals surface area (Å²) in [6.45, 7) is 9.79. The number of rotatable bonds is 4. The summed E-state index contributed by atoms with van der Waals surface area (Å²) in [6.07, 6.45) is 0. The number of nitrogens with zero attached hydrogens (tertiary/aromatic N) is 1. The van der Waals surface area contributed by atoms with E-state index in [1.165, 1.54) is 4.90 Å². The summed E-state index contributed by atoms with van der Waals surface area (Å²) in [4.78, 5) is 26.6. The van der Waals surface area contributed by atoms with Crippen molar-refractivity contribution in [1.82, 2.24) is 4.90 Å². The molecule has 2 amide bonds. The highest BCUT2D eigenvalue weighted by Gasteiger charge is 2.19. The van der Waals surface area contributed by atoms with Crippen LogP contribution in [0.5, 0.6) is 0 Å². The van der Waals surface area contributed by atoms with Gasteiger partial charge in [-0.25, -0.2) is 0 Å². The number of carbonyl (C=O) groups excluding carboxylic acids is 2. The van der Waals surface area contributed by atoms with Gasteiger partial charge in [-0.15, -0.1) is 0 Å². The largest absolute Gasteiger partial charge is 0.332 e. The van der Waals surface area contributed by atoms with Crippen LogP contribution in [0.1, 0.15) is 38.2 Å². The van der Waals surface area contributed by atoms with Crippen LogP contribution in [0, 0.1) is 34.6 Å². The summed E-state index contributed by atoms with van der Waals surface area (Å²) in [5.41, 5.74) is 6.50. The number of aryl methyl sites for hydroxylation is 5. The lowest BCUT2D eigenvalue weighted by Gasteiger charge is -2.20. The average molecular weight is 338 g/mol. The molecule has 0 aromatic heterocycles. The second-order valence-corrected chi connectivity index (χ2v) is 6.75. The number of carbonyl (C=O) groups is 2. The maximum atomic E-state index is 12.8. The topological polar surface area (TPSA) is 49.4 Å². The van der Waals surface area contributed by atoms with Crippen molar-refractivity contribution in [2.45, 2.75) is 34.6 Å². The first-order valence-electron chi connectivity index (χ1n) is 8.40. The summed E-state index contributed by atoms with van der Waals surface area (Å²) in [5, 5.41) is 2.92. The SMILES string of the molecule is Cc1cc(C)c(C(=O)N(C)CC(=O)Nc2c(C)cccc2C)c(C)c1. The minimum absolute atomic E-state index is 0.0133. The lowest BCUT2D eigenvalue weighted by molar-refractivity contribution is -0.116. The summed E-state index contributed by atoms with van der Waals surface area (Å²) in [6, 6.07) is 9.85. The quantitative estimate of drug-likeness (QED) is 0.918. The zero-order valence-electron chi connectivity index (χ0n) is 15.9. The van der Waals surface area contributed by atoms with Crippen LogP contribution < -0.4 is 5.32 Å². The fraction of sp³-hybridized carbons (Fsp3) is 0.333. The molecule has 4 nitrogen and oxygen atoms in total. The van der Waals surface area contributed by atoms with Crippen molar-refractivity contribution < 1.29 is 9.59 Å². The van der Waals surface area contributed by atoms with E-state index in [2.05, 4.69) is 5.32 Å². The molecule has 1 N–H and O–H groups in total. The van der Waals surface area contributed by atoms with Gasteiger partial charge in [0.05, 0.1) is 6.54 Å². The first-order chi connectivity index (χ1) is 11.7. The Morgan fingerprint density at radius 1 is 0.920 bits per heavy atom. The third kappa shape index (κ3) is 4.27. The van der Waals surface area contributed by atoms with Gasteiger partial charge >= 0.3 is 0 Å². The van der Waals surface area contributed by atoms with Gasteiger partial charge in [-0.05, 0) is 56.9 Å². The summed E-state index contributed by atoms with van der Waals surface area (Å²) < 4.78 is 0. The van der Waals surface area contributed by atoms with Crippen molar-refractivity contribution in [1.29, 1.82) is 0 Å². The van der Waals surface area contributed by atoms with Gasteiger partial charge in [-0.3, -0.25) is 9.59 Å². The predicted molar refractivity (Wildman–Crippen MR) is 102 cm³/mol. The first-order valence-corrected chi connectivity index (χ1v) is 8.40. The van der Waals surface area contributed by atoms with E-state index in [9.17, 15) is 9.59 Å². The van der Waals surface area contributed by atoms with Gasteiger partial charge in [0.2, 0.25) is 5.91 Å². The molecule has 0 spiro atoms. The van der Waals surface area contributed by atoms with E-state index in [-0.39, 0.29) is 18.4 Å². The van der Waals surface area contributed by atoms with E-state index in [1.54, 1.807) is 7.05 Å². The molecule has 0 radical (unpaired) electrons. The van der Waals surface area contributed by atoms with E-state index >= 15 is 0 Å². The van der Waals surface area contributed by atoms with Crippen molar-refractivity contribution in [2.75, 3.05) is 18.9 Å². The molecular weight excluding hydrogens is 312 g/mol. The molecule has 0 bridgehead atoms. The molecule has 0 atom stereocenters. The molecule has 0 aliphatic carbocycles. The summed E-state index contributed by atoms with van der Waals surface area (Å²) in [7, 11) is 1.66. The van der Waals surface area contributed by atoms with E-state index in [4.69, 9.17) is 0 Å². The zero-order valence-corrected chi connectivity index (χ0v) is 15.9. The van der Waals surface area contributed by atoms with E-state index in [1.807, 2.05) is 65.0 Å². The number of amides is 2. The van der Waals surface area contributed by atoms with Crippen LogP contribution in [0.3, 0.4) is 0 Å². The summed E-state index contributed by atoms with van der Waals surface area (Å²) in [5.74, 6) is -0.331. The average Bonchev–Trinajstić information content (AvgIpc) is 2.49. The Morgan fingerprint density at radius 3 is 1.96 bits per heavy atom. The third-order valence-electron chi connectivity index (χ3n) is 4.36. The Morgan fingerprint density at radius 2 is 1.44 bits per heavy atom. The molecular formula is C21H26N2O2. The van der Waals surface area contributed by atoms with E-state index in [0.29, 0.717) is 5.56 Å². The molecule has 0 aliphatic rings. The highest BCUT2D eigenvalue weighted by molar-refractivity contribution is 6.01. The number of hydrogen-bond donors (Lipinski definition) is 1. The molecule has 0 heterocycles. The van der Waals surface area contributed by atoms with Crippen LogP contribution in [-0.4, -0.2) is 30.3 Å². The second-order valence-electron chi connectivity index (χ2n) is 6.75. The van der Waals surface area contributed by atoms with Gasteiger partial charge < -0.3 is 10.2 Å². The predicted octanol–water partition coefficient (Wildman–Crippen LogP) is 3.94. The standard InChI is InChI=1S/C21H26N2O2/c1-13-10-16(4)19(17(5)11-13)21(25)23(6)12-18(24)22-20-14(2)8-7-9-15(20)3/h7-11H,12H2,1-6H3,(H,22,24). The number of likely N-dealkylation sites (N-methyl/N-ethyl adjacent to an activating group) is 1. The first kappa shape index (κ1) is 18.7. The Labute approximate surface area is 149 Å². The van der Waals surface area contributed by atoms with Gasteiger partial charge in [-0.1, -0.05) is 35.9 Å². The van der Waals surface area contributed by atoms with Crippen molar-refractivity contribution in [3.05, 3.63) is 63.7 Å². The molecule has 0 saturated carbocycles. The second kappa shape index (κ2) is 7.51. The highest BCUT2D eigenvalue weighted by Crippen LogP contribution is 2.20. The Bertz CT molecular complexity index is 781. The lowest BCUT2D eigenvalue weighted by Crippen LogP contribution is -2.35. The molecule has 4 heteroatoms. The van der Waals surface area contributed by atoms with Gasteiger partial charge in [0.1, 0.15) is 0 Å². The monoisotopic (exact) mass is 338 g/mol. The van der Waals surface area contributed by atoms with Crippen LogP contribution in [-0.2, 0) is 4.79 Å². The van der Waals surface area contributed by atoms with Crippen molar-refractivity contribution in [3.63, 3.8) is 0 Å². The molecule has 0 unspecified atom stereocenters. The number of nitrogens with one attached hydrogen (secondary N) is 1. The fourth-order valence-electron chi connectivity index (χ4n) is 3.19. The van der Waals surface area contributed by atoms with Crippen molar-refractivity contribution in [3.8, 4) is 0 Å². The number of hydrogen-bond acceptors (Lipinski definition) is 2. The number of benzene rings is 2. The van der Waals surface area contributed by atoms with Crippen LogP contribution in [0.4, 0.5) is 5.69 Å². The van der Waals surface area contributed by atoms with E-state index in [0.717, 1.165) is 33.5 Å². The zero-order chi connectivity index (χ0) is 18.7. The van der Waals surface area contributed by atoms with Crippen molar-refractivity contribution in [2.24, 2.45) is 0 Å². The maximum Gasteiger partial charge on any atom is 0.254 e. The molecule has 2 aromatic carbocycles. The summed E-state index contributed by atoms with van der Waals surface area (Å²) >= 11 is 0. The molecule has 25 heavy (non-hydrogen) atoms. The van der Waals surface area contributed by atoms with Gasteiger partial charge in [0.25, 0.3) is 5.91 Å². The minimum atomic E-state index is -0.198. The van der Waals surface area contributed by atoms with Gasteiger partial charge in [0.15, 0.2) is 0 Å². The number of para-hydroxylation sites is 1. The fourth-order valence-corrected chi connectivity index (χ4v) is 3.19. The molecule has 0 fully saturated rings. The van der Waals surface area contributed by atoms with E-state index < -0.39 is 0 Å². The maximum absolute atomic E-state index is 12.8.